The average molecular weight is 591 g/mol. The number of carbonyl (C=O) groups excluding carboxylic acids is 2. The molecule has 0 bridgehead atoms. The van der Waals surface area contributed by atoms with Crippen LogP contribution in [0.4, 0.5) is 5.69 Å². The molecule has 7 nitrogen and oxygen atoms in total. The van der Waals surface area contributed by atoms with E-state index in [9.17, 15) is 14.7 Å². The van der Waals surface area contributed by atoms with Gasteiger partial charge in [-0.25, -0.2) is 0 Å². The topological polar surface area (TPSA) is 88.1 Å². The van der Waals surface area contributed by atoms with Gasteiger partial charge >= 0.3 is 0 Å². The van der Waals surface area contributed by atoms with E-state index in [2.05, 4.69) is 28.9 Å². The fourth-order valence-corrected chi connectivity index (χ4v) is 5.61. The number of Topliss-reactive ketones (excluding diaryl/α,β-unsaturated/α-hetero) is 1. The van der Waals surface area contributed by atoms with Gasteiger partial charge in [-0.2, -0.15) is 0 Å². The van der Waals surface area contributed by atoms with E-state index in [1.165, 1.54) is 6.92 Å². The number of anilines is 1. The molecule has 1 unspecified atom stereocenters. The standard InChI is InChI=1S/C37H38N2O5/c1-4-20-39(3)23-33-34(27-10-6-5-7-11-27)35(28-18-16-26(24-40)17-19-28)44-37(43-33)31-14-8-13-30(21-31)36(42)38-32-15-9-12-29(22-32)25(2)41/h4-19,21-22,33-35,37,40H,1,20,23-24H2,2-3H3,(H,38,42)/t33-,34-,35+,37?/m1/s1. The molecule has 2 N–H and O–H groups in total. The fourth-order valence-electron chi connectivity index (χ4n) is 5.61. The van der Waals surface area contributed by atoms with E-state index < -0.39 is 6.29 Å². The molecule has 5 rings (SSSR count). The number of likely N-dealkylation sites (N-methyl/N-ethyl adjacent to an activating group) is 1. The molecular formula is C37H38N2O5. The Morgan fingerprint density at radius 1 is 0.864 bits per heavy atom. The summed E-state index contributed by atoms with van der Waals surface area (Å²) in [5.74, 6) is -0.499. The highest BCUT2D eigenvalue weighted by Gasteiger charge is 2.42. The van der Waals surface area contributed by atoms with Gasteiger partial charge in [-0.15, -0.1) is 6.58 Å². The van der Waals surface area contributed by atoms with Crippen LogP contribution in [-0.4, -0.2) is 47.9 Å². The van der Waals surface area contributed by atoms with Crippen LogP contribution in [0.1, 0.15) is 68.2 Å². The SMILES string of the molecule is C=CCN(C)C[C@H]1OC(c2cccc(C(=O)Nc3cccc(C(C)=O)c3)c2)O[C@@H](c2ccc(CO)cc2)[C@@H]1c1ccccc1. The summed E-state index contributed by atoms with van der Waals surface area (Å²) >= 11 is 0. The zero-order valence-corrected chi connectivity index (χ0v) is 25.1. The Kier molecular flexibility index (Phi) is 10.1. The van der Waals surface area contributed by atoms with Crippen molar-refractivity contribution in [2.24, 2.45) is 0 Å². The summed E-state index contributed by atoms with van der Waals surface area (Å²) < 4.78 is 13.5. The van der Waals surface area contributed by atoms with Crippen molar-refractivity contribution in [1.29, 1.82) is 0 Å². The monoisotopic (exact) mass is 590 g/mol. The van der Waals surface area contributed by atoms with E-state index in [4.69, 9.17) is 9.47 Å². The quantitative estimate of drug-likeness (QED) is 0.150. The van der Waals surface area contributed by atoms with Gasteiger partial charge in [0.2, 0.25) is 0 Å². The van der Waals surface area contributed by atoms with Crippen molar-refractivity contribution < 1.29 is 24.2 Å². The first-order chi connectivity index (χ1) is 21.4. The van der Waals surface area contributed by atoms with Crippen LogP contribution in [0.25, 0.3) is 0 Å². The molecule has 1 aliphatic rings. The molecule has 0 radical (unpaired) electrons. The zero-order chi connectivity index (χ0) is 31.1. The van der Waals surface area contributed by atoms with Gasteiger partial charge in [0.05, 0.1) is 18.8 Å². The van der Waals surface area contributed by atoms with Gasteiger partial charge < -0.3 is 24.8 Å². The number of hydrogen-bond acceptors (Lipinski definition) is 6. The Morgan fingerprint density at radius 2 is 1.57 bits per heavy atom. The van der Waals surface area contributed by atoms with Crippen molar-refractivity contribution in [3.8, 4) is 0 Å². The number of aliphatic hydroxyl groups is 1. The molecule has 4 aromatic carbocycles. The van der Waals surface area contributed by atoms with Crippen molar-refractivity contribution >= 4 is 17.4 Å². The molecule has 4 aromatic rings. The Morgan fingerprint density at radius 3 is 2.27 bits per heavy atom. The van der Waals surface area contributed by atoms with Gasteiger partial charge in [0, 0.05) is 41.4 Å². The van der Waals surface area contributed by atoms with Crippen LogP contribution in [0.2, 0.25) is 0 Å². The number of hydrogen-bond donors (Lipinski definition) is 2. The van der Waals surface area contributed by atoms with Crippen molar-refractivity contribution in [2.75, 3.05) is 25.5 Å². The molecule has 1 amide bonds. The number of aliphatic hydroxyl groups excluding tert-OH is 1. The number of benzene rings is 4. The lowest BCUT2D eigenvalue weighted by atomic mass is 9.83. The Bertz CT molecular complexity index is 1590. The summed E-state index contributed by atoms with van der Waals surface area (Å²) in [5.41, 5.74) is 5.12. The minimum absolute atomic E-state index is 0.0392. The molecule has 44 heavy (non-hydrogen) atoms. The lowest BCUT2D eigenvalue weighted by Gasteiger charge is -2.44. The van der Waals surface area contributed by atoms with Crippen LogP contribution in [0.3, 0.4) is 0 Å². The van der Waals surface area contributed by atoms with E-state index in [1.807, 2.05) is 67.7 Å². The molecule has 1 aliphatic heterocycles. The van der Waals surface area contributed by atoms with E-state index in [-0.39, 0.29) is 36.4 Å². The van der Waals surface area contributed by atoms with Crippen molar-refractivity contribution in [1.82, 2.24) is 4.90 Å². The molecule has 0 saturated carbocycles. The van der Waals surface area contributed by atoms with Crippen molar-refractivity contribution in [2.45, 2.75) is 37.9 Å². The number of nitrogens with zero attached hydrogens (tertiary/aromatic N) is 1. The van der Waals surface area contributed by atoms with Crippen LogP contribution in [0.5, 0.6) is 0 Å². The molecule has 1 fully saturated rings. The van der Waals surface area contributed by atoms with Gasteiger partial charge in [-0.1, -0.05) is 84.9 Å². The third-order valence-corrected chi connectivity index (χ3v) is 7.85. The normalized spacial score (nSPS) is 19.8. The van der Waals surface area contributed by atoms with Crippen LogP contribution in [0, 0.1) is 0 Å². The molecular weight excluding hydrogens is 552 g/mol. The third kappa shape index (κ3) is 7.38. The molecule has 0 spiro atoms. The number of amides is 1. The van der Waals surface area contributed by atoms with Crippen LogP contribution in [0.15, 0.2) is 116 Å². The second-order valence-corrected chi connectivity index (χ2v) is 11.1. The van der Waals surface area contributed by atoms with E-state index in [1.54, 1.807) is 36.4 Å². The Hall–Kier alpha value is -4.40. The smallest absolute Gasteiger partial charge is 0.255 e. The van der Waals surface area contributed by atoms with E-state index in [0.29, 0.717) is 29.9 Å². The minimum atomic E-state index is -0.742. The maximum absolute atomic E-state index is 13.3. The van der Waals surface area contributed by atoms with Gasteiger partial charge in [0.15, 0.2) is 12.1 Å². The summed E-state index contributed by atoms with van der Waals surface area (Å²) in [4.78, 5) is 27.3. The number of carbonyl (C=O) groups is 2. The highest BCUT2D eigenvalue weighted by atomic mass is 16.7. The summed E-state index contributed by atoms with van der Waals surface area (Å²) in [6.45, 7) is 6.68. The van der Waals surface area contributed by atoms with Crippen LogP contribution >= 0.6 is 0 Å². The zero-order valence-electron chi connectivity index (χ0n) is 25.1. The Balaban J connectivity index is 1.48. The van der Waals surface area contributed by atoms with Gasteiger partial charge in [-0.05, 0) is 54.9 Å². The summed E-state index contributed by atoms with van der Waals surface area (Å²) in [6, 6.07) is 32.2. The minimum Gasteiger partial charge on any atom is -0.392 e. The largest absolute Gasteiger partial charge is 0.392 e. The third-order valence-electron chi connectivity index (χ3n) is 7.85. The molecule has 0 aliphatic carbocycles. The molecule has 226 valence electrons. The molecule has 7 heteroatoms. The summed E-state index contributed by atoms with van der Waals surface area (Å²) in [7, 11) is 2.04. The first-order valence-corrected chi connectivity index (χ1v) is 14.7. The molecule has 1 saturated heterocycles. The second-order valence-electron chi connectivity index (χ2n) is 11.1. The molecule has 1 heterocycles. The highest BCUT2D eigenvalue weighted by molar-refractivity contribution is 6.05. The molecule has 4 atom stereocenters. The van der Waals surface area contributed by atoms with Crippen LogP contribution in [-0.2, 0) is 16.1 Å². The van der Waals surface area contributed by atoms with Crippen molar-refractivity contribution in [3.63, 3.8) is 0 Å². The maximum Gasteiger partial charge on any atom is 0.255 e. The number of nitrogens with one attached hydrogen (secondary N) is 1. The Labute approximate surface area is 258 Å². The maximum atomic E-state index is 13.3. The number of ketones is 1. The van der Waals surface area contributed by atoms with Crippen molar-refractivity contribution in [3.05, 3.63) is 149 Å². The van der Waals surface area contributed by atoms with E-state index >= 15 is 0 Å². The van der Waals surface area contributed by atoms with Gasteiger partial charge in [0.1, 0.15) is 0 Å². The predicted molar refractivity (Wildman–Crippen MR) is 172 cm³/mol. The van der Waals surface area contributed by atoms with Crippen LogP contribution < -0.4 is 5.32 Å². The number of rotatable bonds is 11. The average Bonchev–Trinajstić information content (AvgIpc) is 3.05. The second kappa shape index (κ2) is 14.4. The lowest BCUT2D eigenvalue weighted by Crippen LogP contribution is -2.43. The summed E-state index contributed by atoms with van der Waals surface area (Å²) in [5, 5.41) is 12.5. The lowest BCUT2D eigenvalue weighted by molar-refractivity contribution is -0.263. The fraction of sp³-hybridized carbons (Fsp3) is 0.243. The first kappa shape index (κ1) is 31.0. The first-order valence-electron chi connectivity index (χ1n) is 14.7. The number of ether oxygens (including phenoxy) is 2. The predicted octanol–water partition coefficient (Wildman–Crippen LogP) is 6.69. The molecule has 0 aromatic heterocycles. The highest BCUT2D eigenvalue weighted by Crippen LogP contribution is 2.47. The van der Waals surface area contributed by atoms with Gasteiger partial charge in [-0.3, -0.25) is 9.59 Å². The van der Waals surface area contributed by atoms with E-state index in [0.717, 1.165) is 22.3 Å². The summed E-state index contributed by atoms with van der Waals surface area (Å²) in [6.07, 6.45) is 0.509. The van der Waals surface area contributed by atoms with Gasteiger partial charge in [0.25, 0.3) is 5.91 Å².